The fourth-order valence-corrected chi connectivity index (χ4v) is 2.66. The summed E-state index contributed by atoms with van der Waals surface area (Å²) in [7, 11) is 5.57. The van der Waals surface area contributed by atoms with Gasteiger partial charge < -0.3 is 14.7 Å². The summed E-state index contributed by atoms with van der Waals surface area (Å²) < 4.78 is 5.19. The number of methoxy groups -OCH3 is 1. The zero-order valence-electron chi connectivity index (χ0n) is 14.0. The van der Waals surface area contributed by atoms with E-state index >= 15 is 0 Å². The monoisotopic (exact) mass is 313 g/mol. The molecule has 122 valence electrons. The van der Waals surface area contributed by atoms with Gasteiger partial charge in [-0.2, -0.15) is 0 Å². The molecule has 0 bridgehead atoms. The van der Waals surface area contributed by atoms with E-state index in [1.807, 2.05) is 68.4 Å². The highest BCUT2D eigenvalue weighted by Gasteiger charge is 2.22. The Kier molecular flexibility index (Phi) is 5.27. The van der Waals surface area contributed by atoms with E-state index in [9.17, 15) is 9.90 Å². The summed E-state index contributed by atoms with van der Waals surface area (Å²) in [6.07, 6.45) is 0.468. The third-order valence-corrected chi connectivity index (χ3v) is 4.04. The molecule has 1 atom stereocenters. The minimum Gasteiger partial charge on any atom is -0.497 e. The number of rotatable bonds is 6. The van der Waals surface area contributed by atoms with Crippen LogP contribution in [0.25, 0.3) is 0 Å². The van der Waals surface area contributed by atoms with Crippen LogP contribution < -0.4 is 9.64 Å². The predicted octanol–water partition coefficient (Wildman–Crippen LogP) is 3.48. The van der Waals surface area contributed by atoms with Gasteiger partial charge in [0.1, 0.15) is 5.75 Å². The lowest BCUT2D eigenvalue weighted by Gasteiger charge is -2.17. The largest absolute Gasteiger partial charge is 0.497 e. The van der Waals surface area contributed by atoms with Gasteiger partial charge >= 0.3 is 5.97 Å². The van der Waals surface area contributed by atoms with Crippen molar-refractivity contribution in [1.29, 1.82) is 0 Å². The van der Waals surface area contributed by atoms with E-state index < -0.39 is 11.9 Å². The van der Waals surface area contributed by atoms with Crippen molar-refractivity contribution in [1.82, 2.24) is 0 Å². The Labute approximate surface area is 137 Å². The van der Waals surface area contributed by atoms with Crippen molar-refractivity contribution < 1.29 is 14.6 Å². The molecule has 0 saturated carbocycles. The van der Waals surface area contributed by atoms with Gasteiger partial charge in [-0.25, -0.2) is 0 Å². The van der Waals surface area contributed by atoms with Crippen LogP contribution in [0.3, 0.4) is 0 Å². The molecule has 2 rings (SSSR count). The predicted molar refractivity (Wildman–Crippen MR) is 92.6 cm³/mol. The maximum absolute atomic E-state index is 11.7. The number of hydrogen-bond donors (Lipinski definition) is 1. The average molecular weight is 313 g/mol. The zero-order chi connectivity index (χ0) is 17.0. The van der Waals surface area contributed by atoms with E-state index in [0.29, 0.717) is 6.42 Å². The summed E-state index contributed by atoms with van der Waals surface area (Å²) in [5.74, 6) is -0.633. The molecule has 1 N–H and O–H groups in total. The second kappa shape index (κ2) is 7.18. The van der Waals surface area contributed by atoms with Crippen molar-refractivity contribution in [2.45, 2.75) is 19.3 Å². The van der Waals surface area contributed by atoms with Crippen molar-refractivity contribution in [2.75, 3.05) is 26.1 Å². The van der Waals surface area contributed by atoms with Gasteiger partial charge in [0.15, 0.2) is 0 Å². The van der Waals surface area contributed by atoms with Crippen molar-refractivity contribution in [3.8, 4) is 5.75 Å². The maximum atomic E-state index is 11.7. The van der Waals surface area contributed by atoms with Crippen LogP contribution >= 0.6 is 0 Å². The summed E-state index contributed by atoms with van der Waals surface area (Å²) >= 11 is 0. The maximum Gasteiger partial charge on any atom is 0.311 e. The third-order valence-electron chi connectivity index (χ3n) is 4.04. The lowest BCUT2D eigenvalue weighted by atomic mass is 9.89. The molecule has 0 aliphatic heterocycles. The molecule has 0 heterocycles. The quantitative estimate of drug-likeness (QED) is 0.887. The number of benzene rings is 2. The van der Waals surface area contributed by atoms with Crippen molar-refractivity contribution in [3.05, 3.63) is 59.2 Å². The minimum absolute atomic E-state index is 0.468. The Morgan fingerprint density at radius 3 is 2.30 bits per heavy atom. The molecule has 4 nitrogen and oxygen atoms in total. The number of anilines is 1. The lowest BCUT2D eigenvalue weighted by Crippen LogP contribution is -2.16. The molecule has 0 aliphatic carbocycles. The number of nitrogens with zero attached hydrogens (tertiary/aromatic N) is 1. The molecule has 23 heavy (non-hydrogen) atoms. The normalized spacial score (nSPS) is 11.8. The Morgan fingerprint density at radius 2 is 1.83 bits per heavy atom. The molecule has 0 fully saturated rings. The first-order valence-electron chi connectivity index (χ1n) is 7.56. The van der Waals surface area contributed by atoms with Crippen LogP contribution in [0, 0.1) is 6.92 Å². The van der Waals surface area contributed by atoms with Crippen LogP contribution in [-0.4, -0.2) is 32.3 Å². The molecular weight excluding hydrogens is 290 g/mol. The summed E-state index contributed by atoms with van der Waals surface area (Å²) in [4.78, 5) is 13.8. The van der Waals surface area contributed by atoms with Gasteiger partial charge in [0.05, 0.1) is 13.0 Å². The molecule has 0 radical (unpaired) electrons. The number of carboxylic acids is 1. The van der Waals surface area contributed by atoms with Gasteiger partial charge in [-0.1, -0.05) is 18.2 Å². The molecular formula is C19H23NO3. The highest BCUT2D eigenvalue weighted by molar-refractivity contribution is 5.77. The fourth-order valence-electron chi connectivity index (χ4n) is 2.66. The Hall–Kier alpha value is -2.49. The Balaban J connectivity index is 2.27. The molecule has 0 amide bonds. The van der Waals surface area contributed by atoms with E-state index in [2.05, 4.69) is 0 Å². The Bertz CT molecular complexity index is 678. The second-order valence-corrected chi connectivity index (χ2v) is 5.88. The van der Waals surface area contributed by atoms with Crippen LogP contribution in [0.15, 0.2) is 42.5 Å². The van der Waals surface area contributed by atoms with Crippen molar-refractivity contribution in [2.24, 2.45) is 0 Å². The fraction of sp³-hybridized carbons (Fsp3) is 0.316. The first kappa shape index (κ1) is 16.9. The van der Waals surface area contributed by atoms with E-state index in [1.165, 1.54) is 0 Å². The summed E-state index contributed by atoms with van der Waals surface area (Å²) in [5.41, 5.74) is 3.87. The van der Waals surface area contributed by atoms with Gasteiger partial charge in [-0.3, -0.25) is 4.79 Å². The zero-order valence-corrected chi connectivity index (χ0v) is 14.0. The lowest BCUT2D eigenvalue weighted by molar-refractivity contribution is -0.138. The van der Waals surface area contributed by atoms with E-state index in [-0.39, 0.29) is 0 Å². The summed E-state index contributed by atoms with van der Waals surface area (Å²) in [5, 5.41) is 9.64. The number of carboxylic acid groups (broad SMARTS) is 1. The number of ether oxygens (including phenoxy) is 1. The number of aliphatic carboxylic acids is 1. The van der Waals surface area contributed by atoms with E-state index in [4.69, 9.17) is 4.74 Å². The smallest absolute Gasteiger partial charge is 0.311 e. The van der Waals surface area contributed by atoms with Crippen LogP contribution in [0.5, 0.6) is 5.75 Å². The first-order valence-corrected chi connectivity index (χ1v) is 7.56. The topological polar surface area (TPSA) is 49.8 Å². The van der Waals surface area contributed by atoms with Gasteiger partial charge in [0.25, 0.3) is 0 Å². The molecule has 0 spiro atoms. The second-order valence-electron chi connectivity index (χ2n) is 5.88. The van der Waals surface area contributed by atoms with Crippen molar-refractivity contribution in [3.63, 3.8) is 0 Å². The highest BCUT2D eigenvalue weighted by atomic mass is 16.5. The molecule has 4 heteroatoms. The number of carbonyl (C=O) groups is 1. The van der Waals surface area contributed by atoms with Crippen molar-refractivity contribution >= 4 is 11.7 Å². The minimum atomic E-state index is -0.810. The van der Waals surface area contributed by atoms with Gasteiger partial charge in [0, 0.05) is 19.8 Å². The average Bonchev–Trinajstić information content (AvgIpc) is 2.53. The van der Waals surface area contributed by atoms with Gasteiger partial charge in [-0.05, 0) is 54.3 Å². The molecule has 0 aromatic heterocycles. The van der Waals surface area contributed by atoms with Crippen LogP contribution in [0.2, 0.25) is 0 Å². The molecule has 2 aromatic carbocycles. The van der Waals surface area contributed by atoms with Gasteiger partial charge in [-0.15, -0.1) is 0 Å². The summed E-state index contributed by atoms with van der Waals surface area (Å²) in [6, 6.07) is 13.5. The molecule has 0 aliphatic rings. The van der Waals surface area contributed by atoms with Crippen LogP contribution in [0.1, 0.15) is 22.6 Å². The molecule has 0 saturated heterocycles. The highest BCUT2D eigenvalue weighted by Crippen LogP contribution is 2.28. The summed E-state index contributed by atoms with van der Waals surface area (Å²) in [6.45, 7) is 1.92. The number of hydrogen-bond acceptors (Lipinski definition) is 3. The number of aryl methyl sites for hydroxylation is 1. The van der Waals surface area contributed by atoms with E-state index in [0.717, 1.165) is 28.1 Å². The SMILES string of the molecule is COc1ccc(C(Cc2ccc(N(C)C)cc2)C(=O)O)c(C)c1. The van der Waals surface area contributed by atoms with E-state index in [1.54, 1.807) is 7.11 Å². The van der Waals surface area contributed by atoms with Crippen LogP contribution in [-0.2, 0) is 11.2 Å². The third kappa shape index (κ3) is 4.03. The molecule has 1 unspecified atom stereocenters. The van der Waals surface area contributed by atoms with Crippen LogP contribution in [0.4, 0.5) is 5.69 Å². The Morgan fingerprint density at radius 1 is 1.17 bits per heavy atom. The molecule has 2 aromatic rings. The standard InChI is InChI=1S/C19H23NO3/c1-13-11-16(23-4)9-10-17(13)18(19(21)22)12-14-5-7-15(8-6-14)20(2)3/h5-11,18H,12H2,1-4H3,(H,21,22). The van der Waals surface area contributed by atoms with Gasteiger partial charge in [0.2, 0.25) is 0 Å². The first-order chi connectivity index (χ1) is 10.9.